The number of nitrogens with zero attached hydrogens (tertiary/aromatic N) is 1. The van der Waals surface area contributed by atoms with Gasteiger partial charge in [-0.2, -0.15) is 5.26 Å². The number of para-hydroxylation sites is 1. The first-order valence-electron chi connectivity index (χ1n) is 7.92. The molecule has 0 aromatic heterocycles. The predicted octanol–water partition coefficient (Wildman–Crippen LogP) is 3.13. The van der Waals surface area contributed by atoms with Gasteiger partial charge in [-0.05, 0) is 43.3 Å². The van der Waals surface area contributed by atoms with E-state index in [0.717, 1.165) is 0 Å². The van der Waals surface area contributed by atoms with Gasteiger partial charge >= 0.3 is 5.97 Å². The molecule has 136 valence electrons. The maximum absolute atomic E-state index is 12.3. The van der Waals surface area contributed by atoms with E-state index in [2.05, 4.69) is 10.6 Å². The van der Waals surface area contributed by atoms with E-state index in [4.69, 9.17) is 4.74 Å². The Morgan fingerprint density at radius 2 is 1.74 bits per heavy atom. The summed E-state index contributed by atoms with van der Waals surface area (Å²) in [6.07, 6.45) is 1.21. The summed E-state index contributed by atoms with van der Waals surface area (Å²) in [5, 5.41) is 14.6. The minimum Gasteiger partial charge on any atom is -0.465 e. The van der Waals surface area contributed by atoms with Crippen molar-refractivity contribution in [1.82, 2.24) is 0 Å². The lowest BCUT2D eigenvalue weighted by molar-refractivity contribution is -0.112. The summed E-state index contributed by atoms with van der Waals surface area (Å²) in [6, 6.07) is 14.7. The molecule has 2 N–H and O–H groups in total. The number of hydrogen-bond donors (Lipinski definition) is 2. The van der Waals surface area contributed by atoms with Crippen molar-refractivity contribution in [2.75, 3.05) is 17.7 Å². The second kappa shape index (κ2) is 8.97. The third-order valence-corrected chi connectivity index (χ3v) is 3.62. The molecular weight excluding hydrogens is 346 g/mol. The maximum atomic E-state index is 12.3. The first kappa shape index (κ1) is 19.4. The fraction of sp³-hybridized carbons (Fsp3) is 0.100. The quantitative estimate of drug-likeness (QED) is 0.353. The molecule has 0 unspecified atom stereocenters. The molecule has 0 radical (unpaired) electrons. The zero-order valence-corrected chi connectivity index (χ0v) is 14.8. The highest BCUT2D eigenvalue weighted by Crippen LogP contribution is 2.17. The van der Waals surface area contributed by atoms with Crippen molar-refractivity contribution in [3.63, 3.8) is 0 Å². The number of nitriles is 1. The van der Waals surface area contributed by atoms with Gasteiger partial charge < -0.3 is 15.4 Å². The molecule has 0 aliphatic carbocycles. The van der Waals surface area contributed by atoms with Crippen molar-refractivity contribution >= 4 is 29.0 Å². The molecule has 2 aromatic rings. The number of methoxy groups -OCH3 is 1. The number of amides is 1. The standard InChI is InChI=1S/C20H17N3O4/c1-13(24)14-7-9-16(10-8-14)23-19(25)15(11-21)12-22-18-6-4-3-5-17(18)20(26)27-2/h3-10,12,22H,1-2H3,(H,23,25)/b15-12-. The third-order valence-electron chi connectivity index (χ3n) is 3.62. The Labute approximate surface area is 156 Å². The van der Waals surface area contributed by atoms with Crippen molar-refractivity contribution in [3.8, 4) is 6.07 Å². The molecule has 2 rings (SSSR count). The average molecular weight is 363 g/mol. The van der Waals surface area contributed by atoms with Gasteiger partial charge in [0.05, 0.1) is 18.4 Å². The highest BCUT2D eigenvalue weighted by molar-refractivity contribution is 6.07. The Hall–Kier alpha value is -3.92. The summed E-state index contributed by atoms with van der Waals surface area (Å²) in [5.41, 5.74) is 1.45. The molecule has 0 atom stereocenters. The van der Waals surface area contributed by atoms with Crippen molar-refractivity contribution in [1.29, 1.82) is 5.26 Å². The number of anilines is 2. The van der Waals surface area contributed by atoms with Crippen LogP contribution in [0.1, 0.15) is 27.6 Å². The summed E-state index contributed by atoms with van der Waals surface area (Å²) in [4.78, 5) is 35.3. The number of benzene rings is 2. The normalized spacial score (nSPS) is 10.5. The molecule has 0 saturated heterocycles. The fourth-order valence-corrected chi connectivity index (χ4v) is 2.18. The van der Waals surface area contributed by atoms with Gasteiger partial charge in [0.15, 0.2) is 5.78 Å². The Kier molecular flexibility index (Phi) is 6.44. The minimum absolute atomic E-state index is 0.0843. The number of esters is 1. The van der Waals surface area contributed by atoms with Crippen molar-refractivity contribution in [2.24, 2.45) is 0 Å². The zero-order chi connectivity index (χ0) is 19.8. The van der Waals surface area contributed by atoms with Crippen molar-refractivity contribution in [2.45, 2.75) is 6.92 Å². The van der Waals surface area contributed by atoms with Crippen LogP contribution in [-0.2, 0) is 9.53 Å². The number of carbonyl (C=O) groups is 3. The van der Waals surface area contributed by atoms with E-state index in [1.165, 1.54) is 20.2 Å². The van der Waals surface area contributed by atoms with Crippen LogP contribution >= 0.6 is 0 Å². The highest BCUT2D eigenvalue weighted by atomic mass is 16.5. The largest absolute Gasteiger partial charge is 0.465 e. The molecule has 0 aliphatic rings. The second-order valence-electron chi connectivity index (χ2n) is 5.44. The summed E-state index contributed by atoms with van der Waals surface area (Å²) >= 11 is 0. The monoisotopic (exact) mass is 363 g/mol. The van der Waals surface area contributed by atoms with E-state index in [9.17, 15) is 19.6 Å². The topological polar surface area (TPSA) is 108 Å². The maximum Gasteiger partial charge on any atom is 0.339 e. The molecule has 0 aliphatic heterocycles. The summed E-state index contributed by atoms with van der Waals surface area (Å²) < 4.78 is 4.70. The SMILES string of the molecule is COC(=O)c1ccccc1N/C=C(/C#N)C(=O)Nc1ccc(C(C)=O)cc1. The fourth-order valence-electron chi connectivity index (χ4n) is 2.18. The van der Waals surface area contributed by atoms with Crippen LogP contribution < -0.4 is 10.6 Å². The predicted molar refractivity (Wildman–Crippen MR) is 100 cm³/mol. The number of nitrogens with one attached hydrogen (secondary N) is 2. The Morgan fingerprint density at radius 3 is 2.33 bits per heavy atom. The van der Waals surface area contributed by atoms with Gasteiger partial charge in [-0.25, -0.2) is 4.79 Å². The number of rotatable bonds is 6. The minimum atomic E-state index is -0.629. The lowest BCUT2D eigenvalue weighted by Gasteiger charge is -2.08. The van der Waals surface area contributed by atoms with Gasteiger partial charge in [-0.1, -0.05) is 12.1 Å². The first-order valence-corrected chi connectivity index (χ1v) is 7.92. The Balaban J connectivity index is 2.14. The van der Waals surface area contributed by atoms with Gasteiger partial charge in [-0.15, -0.1) is 0 Å². The molecule has 0 saturated carbocycles. The summed E-state index contributed by atoms with van der Waals surface area (Å²) in [5.74, 6) is -1.25. The smallest absolute Gasteiger partial charge is 0.339 e. The number of Topliss-reactive ketones (excluding diaryl/α,β-unsaturated/α-hetero) is 1. The van der Waals surface area contributed by atoms with Gasteiger partial charge in [-0.3, -0.25) is 9.59 Å². The number of hydrogen-bond acceptors (Lipinski definition) is 6. The molecule has 0 heterocycles. The molecule has 2 aromatic carbocycles. The van der Waals surface area contributed by atoms with Crippen LogP contribution in [0.25, 0.3) is 0 Å². The number of ketones is 1. The number of carbonyl (C=O) groups excluding carboxylic acids is 3. The number of ether oxygens (including phenoxy) is 1. The van der Waals surface area contributed by atoms with E-state index >= 15 is 0 Å². The molecule has 7 heteroatoms. The van der Waals surface area contributed by atoms with Crippen LogP contribution in [0.3, 0.4) is 0 Å². The molecule has 0 fully saturated rings. The second-order valence-corrected chi connectivity index (χ2v) is 5.44. The highest BCUT2D eigenvalue weighted by Gasteiger charge is 2.13. The van der Waals surface area contributed by atoms with Crippen LogP contribution in [0.4, 0.5) is 11.4 Å². The molecule has 1 amide bonds. The van der Waals surface area contributed by atoms with Gasteiger partial charge in [0, 0.05) is 17.5 Å². The average Bonchev–Trinajstić information content (AvgIpc) is 2.68. The van der Waals surface area contributed by atoms with Crippen LogP contribution in [0.5, 0.6) is 0 Å². The van der Waals surface area contributed by atoms with E-state index in [1.54, 1.807) is 54.6 Å². The van der Waals surface area contributed by atoms with Crippen LogP contribution in [0.2, 0.25) is 0 Å². The zero-order valence-electron chi connectivity index (χ0n) is 14.8. The van der Waals surface area contributed by atoms with E-state index in [0.29, 0.717) is 16.9 Å². The van der Waals surface area contributed by atoms with Gasteiger partial charge in [0.25, 0.3) is 5.91 Å². The lowest BCUT2D eigenvalue weighted by Crippen LogP contribution is -2.15. The molecule has 27 heavy (non-hydrogen) atoms. The summed E-state index contributed by atoms with van der Waals surface area (Å²) in [7, 11) is 1.26. The van der Waals surface area contributed by atoms with E-state index in [1.807, 2.05) is 0 Å². The van der Waals surface area contributed by atoms with Crippen LogP contribution in [0.15, 0.2) is 60.3 Å². The molecular formula is C20H17N3O4. The van der Waals surface area contributed by atoms with Crippen molar-refractivity contribution < 1.29 is 19.1 Å². The van der Waals surface area contributed by atoms with Crippen molar-refractivity contribution in [3.05, 3.63) is 71.4 Å². The van der Waals surface area contributed by atoms with E-state index in [-0.39, 0.29) is 16.9 Å². The molecule has 0 spiro atoms. The Morgan fingerprint density at radius 1 is 1.07 bits per heavy atom. The first-order chi connectivity index (χ1) is 13.0. The summed E-state index contributed by atoms with van der Waals surface area (Å²) in [6.45, 7) is 1.45. The molecule has 7 nitrogen and oxygen atoms in total. The lowest BCUT2D eigenvalue weighted by atomic mass is 10.1. The Bertz CT molecular complexity index is 940. The van der Waals surface area contributed by atoms with Crippen LogP contribution in [-0.4, -0.2) is 24.8 Å². The van der Waals surface area contributed by atoms with Crippen LogP contribution in [0, 0.1) is 11.3 Å². The molecule has 0 bridgehead atoms. The van der Waals surface area contributed by atoms with Gasteiger partial charge in [0.1, 0.15) is 11.6 Å². The third kappa shape index (κ3) is 5.03. The van der Waals surface area contributed by atoms with E-state index < -0.39 is 11.9 Å². The van der Waals surface area contributed by atoms with Gasteiger partial charge in [0.2, 0.25) is 0 Å².